The minimum atomic E-state index is -3.66. The number of piperazine rings is 1. The van der Waals surface area contributed by atoms with Gasteiger partial charge in [0.2, 0.25) is 10.0 Å². The van der Waals surface area contributed by atoms with Crippen LogP contribution in [0.3, 0.4) is 0 Å². The van der Waals surface area contributed by atoms with E-state index in [1.807, 2.05) is 0 Å². The number of benzene rings is 2. The predicted molar refractivity (Wildman–Crippen MR) is 98.2 cm³/mol. The normalized spacial score (nSPS) is 16.3. The van der Waals surface area contributed by atoms with Gasteiger partial charge in [0.05, 0.1) is 11.3 Å². The van der Waals surface area contributed by atoms with Gasteiger partial charge < -0.3 is 5.11 Å². The average Bonchev–Trinajstić information content (AvgIpc) is 2.64. The molecule has 0 atom stereocenters. The van der Waals surface area contributed by atoms with Crippen molar-refractivity contribution in [3.8, 4) is 0 Å². The first-order valence-electron chi connectivity index (χ1n) is 8.62. The molecule has 0 aromatic heterocycles. The molecule has 1 N–H and O–H groups in total. The number of rotatable bonds is 6. The van der Waals surface area contributed by atoms with Gasteiger partial charge in [-0.3, -0.25) is 9.69 Å². The van der Waals surface area contributed by atoms with Gasteiger partial charge in [-0.25, -0.2) is 12.8 Å². The third kappa shape index (κ3) is 4.91. The van der Waals surface area contributed by atoms with Crippen LogP contribution < -0.4 is 0 Å². The van der Waals surface area contributed by atoms with Crippen LogP contribution in [0, 0.1) is 5.82 Å². The fourth-order valence-corrected chi connectivity index (χ4v) is 4.61. The molecule has 0 amide bonds. The van der Waals surface area contributed by atoms with Crippen LogP contribution in [0.2, 0.25) is 0 Å². The lowest BCUT2D eigenvalue weighted by Gasteiger charge is -2.34. The molecule has 0 saturated carbocycles. The van der Waals surface area contributed by atoms with E-state index in [2.05, 4.69) is 4.90 Å². The Balaban J connectivity index is 1.64. The molecule has 1 aliphatic heterocycles. The van der Waals surface area contributed by atoms with Crippen molar-refractivity contribution >= 4 is 16.0 Å². The molecule has 0 aliphatic carbocycles. The maximum absolute atomic E-state index is 13.0. The third-order valence-electron chi connectivity index (χ3n) is 4.54. The van der Waals surface area contributed by atoms with Crippen LogP contribution in [0.4, 0.5) is 4.39 Å². The second kappa shape index (κ2) is 8.16. The highest BCUT2D eigenvalue weighted by Crippen LogP contribution is 2.20. The van der Waals surface area contributed by atoms with E-state index in [1.165, 1.54) is 28.6 Å². The molecule has 27 heavy (non-hydrogen) atoms. The van der Waals surface area contributed by atoms with Gasteiger partial charge in [0.1, 0.15) is 5.82 Å². The summed E-state index contributed by atoms with van der Waals surface area (Å²) in [5.41, 5.74) is 1.44. The zero-order valence-electron chi connectivity index (χ0n) is 14.7. The first-order valence-corrected chi connectivity index (χ1v) is 10.1. The Labute approximate surface area is 157 Å². The maximum atomic E-state index is 13.0. The Kier molecular flexibility index (Phi) is 5.88. The fraction of sp³-hybridized carbons (Fsp3) is 0.316. The van der Waals surface area contributed by atoms with Gasteiger partial charge in [0.15, 0.2) is 0 Å². The lowest BCUT2D eigenvalue weighted by atomic mass is 10.2. The van der Waals surface area contributed by atoms with Crippen LogP contribution in [-0.4, -0.2) is 54.9 Å². The Bertz CT molecular complexity index is 908. The van der Waals surface area contributed by atoms with E-state index < -0.39 is 16.0 Å². The van der Waals surface area contributed by atoms with Gasteiger partial charge in [-0.1, -0.05) is 24.3 Å². The number of sulfonamides is 1. The predicted octanol–water partition coefficient (Wildman–Crippen LogP) is 1.96. The topological polar surface area (TPSA) is 77.9 Å². The number of nitrogens with zero attached hydrogens (tertiary/aromatic N) is 2. The van der Waals surface area contributed by atoms with E-state index >= 15 is 0 Å². The average molecular weight is 392 g/mol. The minimum Gasteiger partial charge on any atom is -0.481 e. The van der Waals surface area contributed by atoms with Crippen LogP contribution in [0.15, 0.2) is 53.4 Å². The van der Waals surface area contributed by atoms with E-state index in [9.17, 15) is 17.6 Å². The summed E-state index contributed by atoms with van der Waals surface area (Å²) >= 11 is 0. The molecule has 144 valence electrons. The quantitative estimate of drug-likeness (QED) is 0.813. The molecule has 1 fully saturated rings. The van der Waals surface area contributed by atoms with Gasteiger partial charge in [-0.05, 0) is 35.4 Å². The smallest absolute Gasteiger partial charge is 0.307 e. The summed E-state index contributed by atoms with van der Waals surface area (Å²) in [4.78, 5) is 13.1. The van der Waals surface area contributed by atoms with E-state index in [-0.39, 0.29) is 17.1 Å². The number of hydrogen-bond donors (Lipinski definition) is 1. The first kappa shape index (κ1) is 19.5. The lowest BCUT2D eigenvalue weighted by molar-refractivity contribution is -0.136. The largest absolute Gasteiger partial charge is 0.481 e. The van der Waals surface area contributed by atoms with Gasteiger partial charge in [-0.15, -0.1) is 0 Å². The number of carbonyl (C=O) groups is 1. The summed E-state index contributed by atoms with van der Waals surface area (Å²) in [6.07, 6.45) is -0.213. The van der Waals surface area contributed by atoms with Crippen molar-refractivity contribution < 1.29 is 22.7 Å². The second-order valence-electron chi connectivity index (χ2n) is 6.52. The van der Waals surface area contributed by atoms with Crippen molar-refractivity contribution in [3.05, 3.63) is 65.5 Å². The van der Waals surface area contributed by atoms with E-state index in [4.69, 9.17) is 5.11 Å². The Morgan fingerprint density at radius 2 is 1.67 bits per heavy atom. The number of aliphatic carboxylic acids is 1. The van der Waals surface area contributed by atoms with Gasteiger partial charge in [0, 0.05) is 32.7 Å². The zero-order valence-corrected chi connectivity index (χ0v) is 15.5. The molecule has 0 unspecified atom stereocenters. The van der Waals surface area contributed by atoms with E-state index in [0.717, 1.165) is 5.56 Å². The Morgan fingerprint density at radius 3 is 2.30 bits per heavy atom. The molecule has 0 bridgehead atoms. The standard InChI is InChI=1S/C19H21FN2O4S/c20-17-6-4-15(5-7-17)14-21-8-10-22(11-9-21)27(25,26)18-3-1-2-16(12-18)13-19(23)24/h1-7,12H,8-11,13-14H2,(H,23,24). The summed E-state index contributed by atoms with van der Waals surface area (Å²) in [5, 5.41) is 8.89. The lowest BCUT2D eigenvalue weighted by Crippen LogP contribution is -2.48. The van der Waals surface area contributed by atoms with Crippen molar-refractivity contribution in [1.82, 2.24) is 9.21 Å². The monoisotopic (exact) mass is 392 g/mol. The van der Waals surface area contributed by atoms with E-state index in [1.54, 1.807) is 24.3 Å². The molecule has 2 aromatic rings. The zero-order chi connectivity index (χ0) is 19.4. The molecule has 2 aromatic carbocycles. The van der Waals surface area contributed by atoms with Crippen molar-refractivity contribution in [1.29, 1.82) is 0 Å². The van der Waals surface area contributed by atoms with Crippen molar-refractivity contribution in [3.63, 3.8) is 0 Å². The van der Waals surface area contributed by atoms with Crippen LogP contribution in [0.5, 0.6) is 0 Å². The Morgan fingerprint density at radius 1 is 1.00 bits per heavy atom. The van der Waals surface area contributed by atoms with Gasteiger partial charge in [0.25, 0.3) is 0 Å². The summed E-state index contributed by atoms with van der Waals surface area (Å²) in [6.45, 7) is 2.50. The number of carboxylic acid groups (broad SMARTS) is 1. The molecule has 0 radical (unpaired) electrons. The molecule has 6 nitrogen and oxygen atoms in total. The third-order valence-corrected chi connectivity index (χ3v) is 6.44. The summed E-state index contributed by atoms with van der Waals surface area (Å²) in [7, 11) is -3.66. The molecule has 1 aliphatic rings. The maximum Gasteiger partial charge on any atom is 0.307 e. The minimum absolute atomic E-state index is 0.119. The molecule has 1 saturated heterocycles. The first-order chi connectivity index (χ1) is 12.8. The molecule has 8 heteroatoms. The SMILES string of the molecule is O=C(O)Cc1cccc(S(=O)(=O)N2CCN(Cc3ccc(F)cc3)CC2)c1. The van der Waals surface area contributed by atoms with Gasteiger partial charge in [-0.2, -0.15) is 4.31 Å². The molecule has 0 spiro atoms. The molecule has 3 rings (SSSR count). The summed E-state index contributed by atoms with van der Waals surface area (Å²) in [6, 6.07) is 12.4. The van der Waals surface area contributed by atoms with Crippen molar-refractivity contribution in [2.24, 2.45) is 0 Å². The van der Waals surface area contributed by atoms with E-state index in [0.29, 0.717) is 38.3 Å². The number of carboxylic acids is 1. The highest BCUT2D eigenvalue weighted by atomic mass is 32.2. The van der Waals surface area contributed by atoms with Crippen LogP contribution in [0.1, 0.15) is 11.1 Å². The highest BCUT2D eigenvalue weighted by Gasteiger charge is 2.28. The molecular weight excluding hydrogens is 371 g/mol. The van der Waals surface area contributed by atoms with Crippen LogP contribution in [-0.2, 0) is 27.8 Å². The number of hydrogen-bond acceptors (Lipinski definition) is 4. The van der Waals surface area contributed by atoms with Crippen LogP contribution in [0.25, 0.3) is 0 Å². The van der Waals surface area contributed by atoms with Crippen molar-refractivity contribution in [2.75, 3.05) is 26.2 Å². The summed E-state index contributed by atoms with van der Waals surface area (Å²) in [5.74, 6) is -1.28. The van der Waals surface area contributed by atoms with Crippen LogP contribution >= 0.6 is 0 Å². The molecule has 1 heterocycles. The Hall–Kier alpha value is -2.29. The number of halogens is 1. The second-order valence-corrected chi connectivity index (χ2v) is 8.46. The fourth-order valence-electron chi connectivity index (χ4n) is 3.12. The highest BCUT2D eigenvalue weighted by molar-refractivity contribution is 7.89. The van der Waals surface area contributed by atoms with Crippen molar-refractivity contribution in [2.45, 2.75) is 17.9 Å². The molecular formula is C19H21FN2O4S. The summed E-state index contributed by atoms with van der Waals surface area (Å²) < 4.78 is 40.1. The van der Waals surface area contributed by atoms with Gasteiger partial charge >= 0.3 is 5.97 Å².